The van der Waals surface area contributed by atoms with Crippen molar-refractivity contribution in [1.82, 2.24) is 5.16 Å². The minimum atomic E-state index is 0.327. The highest BCUT2D eigenvalue weighted by Gasteiger charge is 2.18. The van der Waals surface area contributed by atoms with Gasteiger partial charge in [0, 0.05) is 5.02 Å². The fraction of sp³-hybridized carbons (Fsp3) is 0. The minimum Gasteiger partial charge on any atom is -0.472 e. The van der Waals surface area contributed by atoms with Gasteiger partial charge in [-0.15, -0.1) is 0 Å². The maximum atomic E-state index is 5.98. The SMILES string of the molecule is Nc1noc(-c2ccoc2)c1-c1cccc(Cl)c1. The molecule has 3 aromatic rings. The minimum absolute atomic E-state index is 0.327. The molecule has 0 aliphatic rings. The number of furan rings is 1. The van der Waals surface area contributed by atoms with E-state index in [0.717, 1.165) is 16.7 Å². The van der Waals surface area contributed by atoms with Crippen LogP contribution in [0.15, 0.2) is 51.8 Å². The summed E-state index contributed by atoms with van der Waals surface area (Å²) in [6, 6.07) is 9.15. The molecule has 2 N–H and O–H groups in total. The average molecular weight is 261 g/mol. The van der Waals surface area contributed by atoms with Gasteiger partial charge in [-0.05, 0) is 23.8 Å². The monoisotopic (exact) mass is 260 g/mol. The molecule has 0 fully saturated rings. The van der Waals surface area contributed by atoms with Gasteiger partial charge in [0.1, 0.15) is 6.26 Å². The van der Waals surface area contributed by atoms with Crippen molar-refractivity contribution in [2.24, 2.45) is 0 Å². The Morgan fingerprint density at radius 1 is 1.17 bits per heavy atom. The van der Waals surface area contributed by atoms with Gasteiger partial charge in [0.15, 0.2) is 11.6 Å². The Bertz CT molecular complexity index is 674. The third-order valence-electron chi connectivity index (χ3n) is 2.62. The second kappa shape index (κ2) is 4.23. The predicted octanol–water partition coefficient (Wildman–Crippen LogP) is 3.84. The van der Waals surface area contributed by atoms with Crippen LogP contribution in [0.2, 0.25) is 5.02 Å². The van der Waals surface area contributed by atoms with Gasteiger partial charge in [0.25, 0.3) is 0 Å². The van der Waals surface area contributed by atoms with E-state index in [-0.39, 0.29) is 0 Å². The van der Waals surface area contributed by atoms with Crippen LogP contribution in [0, 0.1) is 0 Å². The Morgan fingerprint density at radius 3 is 2.78 bits per heavy atom. The number of nitrogen functional groups attached to an aromatic ring is 1. The molecule has 0 aliphatic carbocycles. The quantitative estimate of drug-likeness (QED) is 0.760. The Balaban J connectivity index is 2.20. The van der Waals surface area contributed by atoms with Crippen LogP contribution >= 0.6 is 11.6 Å². The van der Waals surface area contributed by atoms with E-state index in [1.807, 2.05) is 18.2 Å². The Labute approximate surface area is 108 Å². The van der Waals surface area contributed by atoms with Crippen molar-refractivity contribution in [3.63, 3.8) is 0 Å². The molecule has 4 nitrogen and oxygen atoms in total. The molecular formula is C13H9ClN2O2. The predicted molar refractivity (Wildman–Crippen MR) is 69.1 cm³/mol. The van der Waals surface area contributed by atoms with Crippen LogP contribution in [-0.2, 0) is 0 Å². The van der Waals surface area contributed by atoms with E-state index in [9.17, 15) is 0 Å². The highest BCUT2D eigenvalue weighted by molar-refractivity contribution is 6.30. The summed E-state index contributed by atoms with van der Waals surface area (Å²) >= 11 is 5.98. The summed E-state index contributed by atoms with van der Waals surface area (Å²) < 4.78 is 10.3. The Hall–Kier alpha value is -2.20. The normalized spacial score (nSPS) is 10.7. The highest BCUT2D eigenvalue weighted by Crippen LogP contribution is 2.37. The highest BCUT2D eigenvalue weighted by atomic mass is 35.5. The topological polar surface area (TPSA) is 65.2 Å². The molecule has 18 heavy (non-hydrogen) atoms. The molecule has 0 atom stereocenters. The lowest BCUT2D eigenvalue weighted by atomic mass is 10.0. The van der Waals surface area contributed by atoms with E-state index >= 15 is 0 Å². The molecule has 0 unspecified atom stereocenters. The summed E-state index contributed by atoms with van der Waals surface area (Å²) in [6.45, 7) is 0. The smallest absolute Gasteiger partial charge is 0.180 e. The Morgan fingerprint density at radius 2 is 2.06 bits per heavy atom. The van der Waals surface area contributed by atoms with Gasteiger partial charge in [-0.3, -0.25) is 0 Å². The molecule has 90 valence electrons. The number of benzene rings is 1. The van der Waals surface area contributed by atoms with Gasteiger partial charge >= 0.3 is 0 Å². The molecule has 0 amide bonds. The van der Waals surface area contributed by atoms with Crippen LogP contribution in [-0.4, -0.2) is 5.16 Å². The molecule has 0 aliphatic heterocycles. The van der Waals surface area contributed by atoms with Gasteiger partial charge in [0.05, 0.1) is 17.4 Å². The molecular weight excluding hydrogens is 252 g/mol. The van der Waals surface area contributed by atoms with Crippen LogP contribution < -0.4 is 5.73 Å². The number of hydrogen-bond donors (Lipinski definition) is 1. The third-order valence-corrected chi connectivity index (χ3v) is 2.85. The summed E-state index contributed by atoms with van der Waals surface area (Å²) in [5, 5.41) is 4.43. The first-order valence-corrected chi connectivity index (χ1v) is 5.67. The average Bonchev–Trinajstić information content (AvgIpc) is 2.97. The molecule has 2 aromatic heterocycles. The van der Waals surface area contributed by atoms with Crippen molar-refractivity contribution in [2.45, 2.75) is 0 Å². The molecule has 0 bridgehead atoms. The first kappa shape index (κ1) is 10.9. The summed E-state index contributed by atoms with van der Waals surface area (Å²) in [5.41, 5.74) is 8.22. The third kappa shape index (κ3) is 1.76. The maximum absolute atomic E-state index is 5.98. The summed E-state index contributed by atoms with van der Waals surface area (Å²) in [5.74, 6) is 0.900. The van der Waals surface area contributed by atoms with Crippen molar-refractivity contribution in [3.8, 4) is 22.5 Å². The van der Waals surface area contributed by atoms with Crippen LogP contribution in [0.5, 0.6) is 0 Å². The number of halogens is 1. The molecule has 0 saturated heterocycles. The van der Waals surface area contributed by atoms with Crippen molar-refractivity contribution in [1.29, 1.82) is 0 Å². The molecule has 3 rings (SSSR count). The van der Waals surface area contributed by atoms with E-state index in [1.165, 1.54) is 0 Å². The lowest BCUT2D eigenvalue weighted by molar-refractivity contribution is 0.435. The number of hydrogen-bond acceptors (Lipinski definition) is 4. The molecule has 5 heteroatoms. The number of anilines is 1. The van der Waals surface area contributed by atoms with Crippen LogP contribution in [0.25, 0.3) is 22.5 Å². The van der Waals surface area contributed by atoms with Crippen LogP contribution in [0.4, 0.5) is 5.82 Å². The molecule has 0 spiro atoms. The number of nitrogens with zero attached hydrogens (tertiary/aromatic N) is 1. The maximum Gasteiger partial charge on any atom is 0.180 e. The molecule has 2 heterocycles. The first-order valence-electron chi connectivity index (χ1n) is 5.29. The van der Waals surface area contributed by atoms with E-state index in [2.05, 4.69) is 5.16 Å². The summed E-state index contributed by atoms with van der Waals surface area (Å²) in [6.07, 6.45) is 3.14. The van der Waals surface area contributed by atoms with Crippen molar-refractivity contribution in [2.75, 3.05) is 5.73 Å². The van der Waals surface area contributed by atoms with Gasteiger partial charge in [-0.25, -0.2) is 0 Å². The van der Waals surface area contributed by atoms with E-state index in [4.69, 9.17) is 26.3 Å². The largest absolute Gasteiger partial charge is 0.472 e. The standard InChI is InChI=1S/C13H9ClN2O2/c14-10-3-1-2-8(6-10)11-12(18-16-13(11)15)9-4-5-17-7-9/h1-7H,(H2,15,16). The number of aromatic nitrogens is 1. The van der Waals surface area contributed by atoms with Gasteiger partial charge in [-0.2, -0.15) is 0 Å². The second-order valence-corrected chi connectivity index (χ2v) is 4.23. The zero-order valence-electron chi connectivity index (χ0n) is 9.26. The van der Waals surface area contributed by atoms with Crippen molar-refractivity contribution >= 4 is 17.4 Å². The fourth-order valence-corrected chi connectivity index (χ4v) is 2.01. The number of nitrogens with two attached hydrogens (primary N) is 1. The lowest BCUT2D eigenvalue weighted by Gasteiger charge is -2.01. The Kier molecular flexibility index (Phi) is 2.57. The van der Waals surface area contributed by atoms with E-state index in [1.54, 1.807) is 24.7 Å². The van der Waals surface area contributed by atoms with Crippen LogP contribution in [0.1, 0.15) is 0 Å². The van der Waals surface area contributed by atoms with Gasteiger partial charge in [0.2, 0.25) is 0 Å². The van der Waals surface area contributed by atoms with Crippen molar-refractivity contribution < 1.29 is 8.94 Å². The van der Waals surface area contributed by atoms with Gasteiger partial charge in [-0.1, -0.05) is 28.9 Å². The fourth-order valence-electron chi connectivity index (χ4n) is 1.82. The molecule has 0 saturated carbocycles. The number of rotatable bonds is 2. The first-order chi connectivity index (χ1) is 8.75. The second-order valence-electron chi connectivity index (χ2n) is 3.79. The van der Waals surface area contributed by atoms with E-state index < -0.39 is 0 Å². The zero-order chi connectivity index (χ0) is 12.5. The molecule has 1 aromatic carbocycles. The summed E-state index contributed by atoms with van der Waals surface area (Å²) in [7, 11) is 0. The van der Waals surface area contributed by atoms with Crippen LogP contribution in [0.3, 0.4) is 0 Å². The summed E-state index contributed by atoms with van der Waals surface area (Å²) in [4.78, 5) is 0. The van der Waals surface area contributed by atoms with Gasteiger partial charge < -0.3 is 14.7 Å². The van der Waals surface area contributed by atoms with Crippen molar-refractivity contribution in [3.05, 3.63) is 47.9 Å². The van der Waals surface area contributed by atoms with E-state index in [0.29, 0.717) is 16.6 Å². The zero-order valence-corrected chi connectivity index (χ0v) is 10.0. The molecule has 0 radical (unpaired) electrons. The lowest BCUT2D eigenvalue weighted by Crippen LogP contribution is -1.88.